The molecule has 0 aliphatic carbocycles. The Bertz CT molecular complexity index is 690. The molecule has 4 aliphatic rings. The Morgan fingerprint density at radius 1 is 0.963 bits per heavy atom. The van der Waals surface area contributed by atoms with Gasteiger partial charge in [-0.1, -0.05) is 26.0 Å². The standard InChI is InChI=1S/C24H35N3/c1-17(2)18-10-12-20(13-11-18)25-23-9-3-8-22-21-7-5-15-26-14-4-6-19(24(21)26)16-27(22)23/h10-13,17,19,21-22,24H,3-9,14-16H2,1-2H3/t19-,21+,22+,24-/m0/s1. The fraction of sp³-hybridized carbons (Fsp3) is 0.708. The number of nitrogens with zero attached hydrogens (tertiary/aromatic N) is 3. The summed E-state index contributed by atoms with van der Waals surface area (Å²) in [6.45, 7) is 8.48. The van der Waals surface area contributed by atoms with Crippen LogP contribution >= 0.6 is 0 Å². The van der Waals surface area contributed by atoms with Gasteiger partial charge in [-0.25, -0.2) is 4.99 Å². The number of hydrogen-bond donors (Lipinski definition) is 0. The summed E-state index contributed by atoms with van der Waals surface area (Å²) in [6.07, 6.45) is 9.53. The van der Waals surface area contributed by atoms with Gasteiger partial charge in [-0.05, 0) is 87.1 Å². The van der Waals surface area contributed by atoms with Crippen LogP contribution in [0.3, 0.4) is 0 Å². The van der Waals surface area contributed by atoms with E-state index in [0.717, 1.165) is 36.0 Å². The van der Waals surface area contributed by atoms with Crippen LogP contribution in [0.25, 0.3) is 0 Å². The van der Waals surface area contributed by atoms with E-state index >= 15 is 0 Å². The van der Waals surface area contributed by atoms with E-state index in [1.165, 1.54) is 69.6 Å². The van der Waals surface area contributed by atoms with Gasteiger partial charge in [0.1, 0.15) is 5.84 Å². The third-order valence-electron chi connectivity index (χ3n) is 7.72. The van der Waals surface area contributed by atoms with Gasteiger partial charge in [0.15, 0.2) is 0 Å². The summed E-state index contributed by atoms with van der Waals surface area (Å²) < 4.78 is 0. The molecule has 27 heavy (non-hydrogen) atoms. The van der Waals surface area contributed by atoms with Crippen LogP contribution in [0.5, 0.6) is 0 Å². The molecule has 0 amide bonds. The average molecular weight is 366 g/mol. The number of benzene rings is 1. The monoisotopic (exact) mass is 365 g/mol. The first-order chi connectivity index (χ1) is 13.2. The third kappa shape index (κ3) is 3.22. The van der Waals surface area contributed by atoms with Gasteiger partial charge in [0.2, 0.25) is 0 Å². The first-order valence-corrected chi connectivity index (χ1v) is 11.4. The minimum atomic E-state index is 0.588. The second kappa shape index (κ2) is 7.24. The van der Waals surface area contributed by atoms with Gasteiger partial charge in [-0.15, -0.1) is 0 Å². The van der Waals surface area contributed by atoms with Crippen LogP contribution in [0.1, 0.15) is 70.3 Å². The molecule has 4 saturated heterocycles. The second-order valence-electron chi connectivity index (χ2n) is 9.62. The van der Waals surface area contributed by atoms with Gasteiger partial charge in [0, 0.05) is 25.0 Å². The van der Waals surface area contributed by atoms with Crippen molar-refractivity contribution in [2.45, 2.75) is 76.8 Å². The summed E-state index contributed by atoms with van der Waals surface area (Å²) in [5.74, 6) is 3.72. The van der Waals surface area contributed by atoms with Gasteiger partial charge in [-0.3, -0.25) is 4.90 Å². The summed E-state index contributed by atoms with van der Waals surface area (Å²) in [4.78, 5) is 10.8. The van der Waals surface area contributed by atoms with Gasteiger partial charge in [0.05, 0.1) is 5.69 Å². The number of aliphatic imine (C=N–C) groups is 1. The molecule has 146 valence electrons. The predicted octanol–water partition coefficient (Wildman–Crippen LogP) is 5.20. The molecule has 0 aromatic heterocycles. The van der Waals surface area contributed by atoms with E-state index < -0.39 is 0 Å². The van der Waals surface area contributed by atoms with Crippen molar-refractivity contribution in [3.63, 3.8) is 0 Å². The van der Waals surface area contributed by atoms with E-state index in [0.29, 0.717) is 5.92 Å². The van der Waals surface area contributed by atoms with Crippen LogP contribution in [0.15, 0.2) is 29.3 Å². The Labute approximate surface area is 164 Å². The summed E-state index contributed by atoms with van der Waals surface area (Å²) in [5.41, 5.74) is 2.55. The first kappa shape index (κ1) is 17.7. The van der Waals surface area contributed by atoms with E-state index in [2.05, 4.69) is 47.9 Å². The van der Waals surface area contributed by atoms with Crippen LogP contribution in [0, 0.1) is 11.8 Å². The van der Waals surface area contributed by atoms with Gasteiger partial charge >= 0.3 is 0 Å². The highest BCUT2D eigenvalue weighted by Gasteiger charge is 2.49. The lowest BCUT2D eigenvalue weighted by Crippen LogP contribution is -2.66. The molecule has 0 bridgehead atoms. The summed E-state index contributed by atoms with van der Waals surface area (Å²) in [7, 11) is 0. The van der Waals surface area contributed by atoms with Crippen molar-refractivity contribution in [2.24, 2.45) is 16.8 Å². The summed E-state index contributed by atoms with van der Waals surface area (Å²) in [6, 6.07) is 10.6. The van der Waals surface area contributed by atoms with Crippen LogP contribution in [0.2, 0.25) is 0 Å². The Kier molecular flexibility index (Phi) is 4.75. The molecule has 5 rings (SSSR count). The van der Waals surface area contributed by atoms with Crippen molar-refractivity contribution >= 4 is 11.5 Å². The zero-order valence-corrected chi connectivity index (χ0v) is 17.1. The molecular weight excluding hydrogens is 330 g/mol. The van der Waals surface area contributed by atoms with Crippen LogP contribution < -0.4 is 0 Å². The highest BCUT2D eigenvalue weighted by Crippen LogP contribution is 2.45. The quantitative estimate of drug-likeness (QED) is 0.717. The lowest BCUT2D eigenvalue weighted by atomic mass is 9.68. The molecule has 0 N–H and O–H groups in total. The molecule has 1 aromatic rings. The fourth-order valence-electron chi connectivity index (χ4n) is 6.48. The lowest BCUT2D eigenvalue weighted by molar-refractivity contribution is -0.0604. The maximum atomic E-state index is 5.18. The van der Waals surface area contributed by atoms with E-state index in [9.17, 15) is 0 Å². The minimum Gasteiger partial charge on any atom is -0.356 e. The van der Waals surface area contributed by atoms with Crippen molar-refractivity contribution in [1.82, 2.24) is 9.80 Å². The van der Waals surface area contributed by atoms with E-state index in [1.54, 1.807) is 0 Å². The molecule has 0 saturated carbocycles. The molecule has 4 fully saturated rings. The fourth-order valence-corrected chi connectivity index (χ4v) is 6.48. The van der Waals surface area contributed by atoms with Crippen molar-refractivity contribution in [3.8, 4) is 0 Å². The number of piperidine rings is 4. The molecule has 1 aromatic carbocycles. The highest BCUT2D eigenvalue weighted by molar-refractivity contribution is 5.86. The molecule has 3 nitrogen and oxygen atoms in total. The Hall–Kier alpha value is -1.35. The second-order valence-corrected chi connectivity index (χ2v) is 9.62. The maximum absolute atomic E-state index is 5.18. The molecular formula is C24H35N3. The summed E-state index contributed by atoms with van der Waals surface area (Å²) >= 11 is 0. The molecule has 0 unspecified atom stereocenters. The lowest BCUT2D eigenvalue weighted by Gasteiger charge is -2.59. The van der Waals surface area contributed by atoms with E-state index in [1.807, 2.05) is 0 Å². The van der Waals surface area contributed by atoms with Crippen molar-refractivity contribution in [1.29, 1.82) is 0 Å². The largest absolute Gasteiger partial charge is 0.356 e. The number of amidine groups is 1. The highest BCUT2D eigenvalue weighted by atomic mass is 15.3. The van der Waals surface area contributed by atoms with Crippen molar-refractivity contribution in [3.05, 3.63) is 29.8 Å². The predicted molar refractivity (Wildman–Crippen MR) is 113 cm³/mol. The molecule has 4 heterocycles. The normalized spacial score (nSPS) is 35.2. The topological polar surface area (TPSA) is 18.8 Å². The Morgan fingerprint density at radius 3 is 2.52 bits per heavy atom. The molecule has 3 heteroatoms. The maximum Gasteiger partial charge on any atom is 0.105 e. The molecule has 0 radical (unpaired) electrons. The Morgan fingerprint density at radius 2 is 1.74 bits per heavy atom. The summed E-state index contributed by atoms with van der Waals surface area (Å²) in [5, 5.41) is 0. The van der Waals surface area contributed by atoms with E-state index in [-0.39, 0.29) is 0 Å². The Balaban J connectivity index is 1.42. The van der Waals surface area contributed by atoms with Crippen LogP contribution in [0.4, 0.5) is 5.69 Å². The smallest absolute Gasteiger partial charge is 0.105 e. The molecule has 4 aliphatic heterocycles. The van der Waals surface area contributed by atoms with E-state index in [4.69, 9.17) is 4.99 Å². The van der Waals surface area contributed by atoms with Gasteiger partial charge in [-0.2, -0.15) is 0 Å². The van der Waals surface area contributed by atoms with Crippen molar-refractivity contribution in [2.75, 3.05) is 19.6 Å². The molecule has 4 atom stereocenters. The zero-order chi connectivity index (χ0) is 18.4. The third-order valence-corrected chi connectivity index (χ3v) is 7.72. The number of fused-ring (bicyclic) bond motifs is 2. The van der Waals surface area contributed by atoms with Crippen LogP contribution in [-0.2, 0) is 0 Å². The van der Waals surface area contributed by atoms with Crippen molar-refractivity contribution < 1.29 is 0 Å². The SMILES string of the molecule is CC(C)c1ccc(N=C2CCC[C@@H]3[C@H]4CCCN5CCC[C@@H](CN23)[C@@H]45)cc1. The van der Waals surface area contributed by atoms with Gasteiger partial charge < -0.3 is 4.90 Å². The number of hydrogen-bond acceptors (Lipinski definition) is 2. The van der Waals surface area contributed by atoms with Crippen LogP contribution in [-0.4, -0.2) is 47.4 Å². The zero-order valence-electron chi connectivity index (χ0n) is 17.1. The number of rotatable bonds is 2. The molecule has 0 spiro atoms. The minimum absolute atomic E-state index is 0.588. The van der Waals surface area contributed by atoms with Gasteiger partial charge in [0.25, 0.3) is 0 Å². The first-order valence-electron chi connectivity index (χ1n) is 11.4. The average Bonchev–Trinajstić information content (AvgIpc) is 2.69.